The van der Waals surface area contributed by atoms with Gasteiger partial charge in [0.25, 0.3) is 0 Å². The van der Waals surface area contributed by atoms with Crippen LogP contribution in [0.1, 0.15) is 31.7 Å². The van der Waals surface area contributed by atoms with Crippen LogP contribution in [0.2, 0.25) is 0 Å². The van der Waals surface area contributed by atoms with E-state index >= 15 is 0 Å². The Morgan fingerprint density at radius 1 is 1.29 bits per heavy atom. The summed E-state index contributed by atoms with van der Waals surface area (Å²) in [5.74, 6) is 0.940. The largest absolute Gasteiger partial charge is 0.381 e. The Kier molecular flexibility index (Phi) is 7.20. The summed E-state index contributed by atoms with van der Waals surface area (Å²) in [6.07, 6.45) is 4.34. The topological polar surface area (TPSA) is 57.2 Å². The van der Waals surface area contributed by atoms with Crippen LogP contribution in [0.4, 0.5) is 5.69 Å². The van der Waals surface area contributed by atoms with Crippen LogP contribution in [0, 0.1) is 5.41 Å². The van der Waals surface area contributed by atoms with Gasteiger partial charge in [-0.05, 0) is 44.2 Å². The molecule has 1 aromatic rings. The molecule has 154 valence electrons. The second-order valence-corrected chi connectivity index (χ2v) is 7.92. The molecule has 0 bridgehead atoms. The Morgan fingerprint density at radius 2 is 2.14 bits per heavy atom. The molecule has 1 spiro atoms. The second kappa shape index (κ2) is 9.43. The summed E-state index contributed by atoms with van der Waals surface area (Å²) in [6, 6.07) is 8.22. The minimum absolute atomic E-state index is 0. The van der Waals surface area contributed by atoms with Gasteiger partial charge < -0.3 is 19.9 Å². The number of ether oxygens (including phenoxy) is 1. The summed E-state index contributed by atoms with van der Waals surface area (Å²) in [5.41, 5.74) is 2.60. The minimum Gasteiger partial charge on any atom is -0.381 e. The van der Waals surface area contributed by atoms with Gasteiger partial charge >= 0.3 is 0 Å². The molecule has 0 aromatic heterocycles. The monoisotopic (exact) mass is 498 g/mol. The predicted octanol–water partition coefficient (Wildman–Crippen LogP) is 2.66. The fraction of sp³-hybridized carbons (Fsp3) is 0.619. The Balaban J connectivity index is 0.00000225. The summed E-state index contributed by atoms with van der Waals surface area (Å²) < 4.78 is 5.63. The zero-order valence-electron chi connectivity index (χ0n) is 16.7. The molecule has 0 saturated carbocycles. The lowest BCUT2D eigenvalue weighted by Gasteiger charge is -2.29. The van der Waals surface area contributed by atoms with E-state index in [4.69, 9.17) is 9.73 Å². The number of benzene rings is 1. The highest BCUT2D eigenvalue weighted by atomic mass is 127. The van der Waals surface area contributed by atoms with Crippen LogP contribution in [0.3, 0.4) is 0 Å². The molecular weight excluding hydrogens is 467 g/mol. The molecule has 0 aliphatic carbocycles. The molecule has 1 N–H and O–H groups in total. The van der Waals surface area contributed by atoms with E-state index in [9.17, 15) is 4.79 Å². The first-order chi connectivity index (χ1) is 13.2. The molecule has 1 atom stereocenters. The number of likely N-dealkylation sites (tertiary alicyclic amines) is 1. The number of hydrogen-bond acceptors (Lipinski definition) is 3. The maximum Gasteiger partial charge on any atom is 0.248 e. The van der Waals surface area contributed by atoms with Gasteiger partial charge in [0.15, 0.2) is 5.96 Å². The number of para-hydroxylation sites is 1. The number of carbonyl (C=O) groups is 1. The number of amides is 1. The Labute approximate surface area is 184 Å². The average Bonchev–Trinajstić information content (AvgIpc) is 3.34. The lowest BCUT2D eigenvalue weighted by Crippen LogP contribution is -2.43. The zero-order chi connectivity index (χ0) is 18.7. The van der Waals surface area contributed by atoms with Crippen molar-refractivity contribution >= 4 is 41.5 Å². The smallest absolute Gasteiger partial charge is 0.248 e. The van der Waals surface area contributed by atoms with Crippen molar-refractivity contribution in [3.8, 4) is 0 Å². The number of anilines is 1. The molecule has 3 heterocycles. The summed E-state index contributed by atoms with van der Waals surface area (Å²) in [7, 11) is 0. The van der Waals surface area contributed by atoms with Crippen molar-refractivity contribution in [3.05, 3.63) is 29.8 Å². The third-order valence-corrected chi connectivity index (χ3v) is 6.03. The van der Waals surface area contributed by atoms with Crippen LogP contribution >= 0.6 is 24.0 Å². The molecular formula is C21H31IN4O2. The normalized spacial score (nSPS) is 24.2. The standard InChI is InChI=1S/C21H30N4O2.HI/c1-2-22-20(24-12-9-21(15-24)10-13-27-16-21)23-14-19(26)25-11-5-7-17-6-3-4-8-18(17)25;/h3-4,6,8H,2,5,7,9-16H2,1H3,(H,22,23);1H. The Hall–Kier alpha value is -1.35. The number of fused-ring (bicyclic) bond motifs is 1. The molecule has 28 heavy (non-hydrogen) atoms. The first-order valence-electron chi connectivity index (χ1n) is 10.2. The van der Waals surface area contributed by atoms with Crippen molar-refractivity contribution in [2.45, 2.75) is 32.6 Å². The van der Waals surface area contributed by atoms with Gasteiger partial charge in [0.2, 0.25) is 5.91 Å². The lowest BCUT2D eigenvalue weighted by molar-refractivity contribution is -0.117. The third kappa shape index (κ3) is 4.45. The number of carbonyl (C=O) groups excluding carboxylic acids is 1. The number of halogens is 1. The second-order valence-electron chi connectivity index (χ2n) is 7.92. The van der Waals surface area contributed by atoms with Crippen LogP contribution in [-0.2, 0) is 16.0 Å². The maximum atomic E-state index is 12.9. The molecule has 1 amide bonds. The molecule has 3 aliphatic heterocycles. The van der Waals surface area contributed by atoms with Crippen LogP contribution in [0.25, 0.3) is 0 Å². The highest BCUT2D eigenvalue weighted by Crippen LogP contribution is 2.38. The number of rotatable bonds is 3. The zero-order valence-corrected chi connectivity index (χ0v) is 19.0. The number of aliphatic imine (C=N–C) groups is 1. The van der Waals surface area contributed by atoms with Crippen molar-refractivity contribution in [1.82, 2.24) is 10.2 Å². The van der Waals surface area contributed by atoms with E-state index in [1.165, 1.54) is 5.56 Å². The minimum atomic E-state index is 0. The van der Waals surface area contributed by atoms with E-state index in [0.29, 0.717) is 0 Å². The first-order valence-corrected chi connectivity index (χ1v) is 10.2. The number of guanidine groups is 1. The van der Waals surface area contributed by atoms with Gasteiger partial charge in [-0.25, -0.2) is 4.99 Å². The van der Waals surface area contributed by atoms with Crippen molar-refractivity contribution in [1.29, 1.82) is 0 Å². The van der Waals surface area contributed by atoms with Crippen LogP contribution in [-0.4, -0.2) is 62.7 Å². The molecule has 2 fully saturated rings. The van der Waals surface area contributed by atoms with Crippen molar-refractivity contribution in [3.63, 3.8) is 0 Å². The predicted molar refractivity (Wildman–Crippen MR) is 123 cm³/mol. The summed E-state index contributed by atoms with van der Waals surface area (Å²) in [6.45, 7) is 7.53. The van der Waals surface area contributed by atoms with E-state index in [0.717, 1.165) is 76.7 Å². The van der Waals surface area contributed by atoms with Gasteiger partial charge in [-0.2, -0.15) is 0 Å². The number of aryl methyl sites for hydroxylation is 1. The highest BCUT2D eigenvalue weighted by molar-refractivity contribution is 14.0. The Bertz CT molecular complexity index is 718. The van der Waals surface area contributed by atoms with Crippen LogP contribution < -0.4 is 10.2 Å². The quantitative estimate of drug-likeness (QED) is 0.396. The van der Waals surface area contributed by atoms with E-state index < -0.39 is 0 Å². The van der Waals surface area contributed by atoms with Crippen molar-refractivity contribution in [2.24, 2.45) is 10.4 Å². The summed E-state index contributed by atoms with van der Waals surface area (Å²) in [4.78, 5) is 21.8. The van der Waals surface area contributed by atoms with Gasteiger partial charge in [0.05, 0.1) is 6.61 Å². The highest BCUT2D eigenvalue weighted by Gasteiger charge is 2.42. The van der Waals surface area contributed by atoms with E-state index in [-0.39, 0.29) is 41.8 Å². The number of nitrogens with zero attached hydrogens (tertiary/aromatic N) is 3. The SMILES string of the molecule is CCNC(=NCC(=O)N1CCCc2ccccc21)N1CCC2(CCOC2)C1.I. The number of hydrogen-bond donors (Lipinski definition) is 1. The van der Waals surface area contributed by atoms with E-state index in [1.807, 2.05) is 23.1 Å². The van der Waals surface area contributed by atoms with E-state index in [1.54, 1.807) is 0 Å². The van der Waals surface area contributed by atoms with Gasteiger partial charge in [-0.1, -0.05) is 18.2 Å². The molecule has 1 unspecified atom stereocenters. The molecule has 2 saturated heterocycles. The average molecular weight is 498 g/mol. The summed E-state index contributed by atoms with van der Waals surface area (Å²) >= 11 is 0. The summed E-state index contributed by atoms with van der Waals surface area (Å²) in [5, 5.41) is 3.37. The fourth-order valence-corrected chi connectivity index (χ4v) is 4.53. The molecule has 3 aliphatic rings. The molecule has 4 rings (SSSR count). The molecule has 7 heteroatoms. The van der Waals surface area contributed by atoms with Crippen LogP contribution in [0.15, 0.2) is 29.3 Å². The third-order valence-electron chi connectivity index (χ3n) is 6.03. The van der Waals surface area contributed by atoms with Crippen molar-refractivity contribution in [2.75, 3.05) is 50.8 Å². The first kappa shape index (κ1) is 21.4. The van der Waals surface area contributed by atoms with E-state index in [2.05, 4.69) is 23.2 Å². The van der Waals surface area contributed by atoms with Gasteiger partial charge in [0, 0.05) is 43.9 Å². The lowest BCUT2D eigenvalue weighted by atomic mass is 9.87. The molecule has 1 aromatic carbocycles. The van der Waals surface area contributed by atoms with Gasteiger partial charge in [0.1, 0.15) is 6.54 Å². The van der Waals surface area contributed by atoms with Crippen molar-refractivity contribution < 1.29 is 9.53 Å². The van der Waals surface area contributed by atoms with Crippen LogP contribution in [0.5, 0.6) is 0 Å². The maximum absolute atomic E-state index is 12.9. The van der Waals surface area contributed by atoms with Gasteiger partial charge in [-0.15, -0.1) is 24.0 Å². The molecule has 0 radical (unpaired) electrons. The number of nitrogens with one attached hydrogen (secondary N) is 1. The van der Waals surface area contributed by atoms with Gasteiger partial charge in [-0.3, -0.25) is 4.79 Å². The molecule has 6 nitrogen and oxygen atoms in total. The Morgan fingerprint density at radius 3 is 2.93 bits per heavy atom. The fourth-order valence-electron chi connectivity index (χ4n) is 4.53.